The molecule has 3 spiro atoms. The van der Waals surface area contributed by atoms with Crippen LogP contribution in [0.5, 0.6) is 34.5 Å². The third-order valence-corrected chi connectivity index (χ3v) is 36.6. The predicted octanol–water partition coefficient (Wildman–Crippen LogP) is 20.8. The number of nitrogens with zero attached hydrogens (tertiary/aromatic N) is 1. The first-order valence-electron chi connectivity index (χ1n) is 30.9. The molecule has 21 rings (SSSR count). The molecule has 10 heteroatoms. The van der Waals surface area contributed by atoms with Gasteiger partial charge >= 0.3 is 557 Å². The Morgan fingerprint density at radius 3 is 1.01 bits per heavy atom. The second-order valence-corrected chi connectivity index (χ2v) is 37.3. The minimum atomic E-state index is -6.67. The van der Waals surface area contributed by atoms with E-state index >= 15 is 0 Å². The summed E-state index contributed by atoms with van der Waals surface area (Å²) in [6.07, 6.45) is 0. The molecule has 5 nitrogen and oxygen atoms in total. The number of fused-ring (bicyclic) bond motifs is 21. The van der Waals surface area contributed by atoms with Gasteiger partial charge in [0.1, 0.15) is 0 Å². The van der Waals surface area contributed by atoms with Gasteiger partial charge in [0.15, 0.2) is 0 Å². The molecule has 4 aliphatic heterocycles. The first kappa shape index (κ1) is 52.5. The molecule has 0 aromatic heterocycles. The van der Waals surface area contributed by atoms with Crippen molar-refractivity contribution in [3.8, 4) is 101 Å². The zero-order valence-corrected chi connectivity index (χ0v) is 54.7. The zero-order valence-electron chi connectivity index (χ0n) is 49.1. The van der Waals surface area contributed by atoms with Crippen molar-refractivity contribution < 1.29 is 15.5 Å². The molecule has 13 aromatic carbocycles. The molecular weight excluding hydrogens is 1330 g/mol. The Kier molecular flexibility index (Phi) is 10.1. The van der Waals surface area contributed by atoms with E-state index in [0.29, 0.717) is 26.5 Å². The Morgan fingerprint density at radius 1 is 0.304 bits per heavy atom. The number of benzene rings is 13. The molecule has 13 aromatic rings. The number of hydrogen-bond acceptors (Lipinski definition) is 5. The molecule has 0 unspecified atom stereocenters. The van der Waals surface area contributed by atoms with Crippen LogP contribution in [0.15, 0.2) is 243 Å². The first-order chi connectivity index (χ1) is 45.0. The quantitative estimate of drug-likeness (QED) is 0.100. The van der Waals surface area contributed by atoms with Gasteiger partial charge in [-0.1, -0.05) is 0 Å². The van der Waals surface area contributed by atoms with Crippen molar-refractivity contribution >= 4 is 92.2 Å². The van der Waals surface area contributed by atoms with Crippen LogP contribution in [0.1, 0.15) is 55.6 Å². The topological polar surface area (TPSA) is 40.2 Å². The van der Waals surface area contributed by atoms with Gasteiger partial charge in [-0.25, -0.2) is 0 Å². The van der Waals surface area contributed by atoms with Gasteiger partial charge in [0.05, 0.1) is 0 Å². The molecule has 0 saturated heterocycles. The molecule has 0 amide bonds. The summed E-state index contributed by atoms with van der Waals surface area (Å²) in [7, 11) is 0. The molecule has 0 atom stereocenters. The van der Waals surface area contributed by atoms with Gasteiger partial charge in [-0.2, -0.15) is 0 Å². The Bertz CT molecular complexity index is 5230. The van der Waals surface area contributed by atoms with Crippen LogP contribution in [-0.2, 0) is 10.8 Å². The summed E-state index contributed by atoms with van der Waals surface area (Å²) in [5.74, 6) is 2.73. The van der Waals surface area contributed by atoms with Gasteiger partial charge in [0, 0.05) is 0 Å². The normalized spacial score (nSPS) is 16.5. The van der Waals surface area contributed by atoms with Gasteiger partial charge in [0.2, 0.25) is 0 Å². The maximum absolute atomic E-state index is 8.35. The average Bonchev–Trinajstić information content (AvgIpc) is 1.11. The van der Waals surface area contributed by atoms with Crippen LogP contribution < -0.4 is 30.9 Å². The van der Waals surface area contributed by atoms with Gasteiger partial charge in [0.25, 0.3) is 0 Å². The fourth-order valence-electron chi connectivity index (χ4n) is 17.8. The van der Waals surface area contributed by atoms with Crippen LogP contribution in [0.25, 0.3) is 66.8 Å². The van der Waals surface area contributed by atoms with Crippen molar-refractivity contribution in [1.82, 2.24) is 0 Å². The van der Waals surface area contributed by atoms with Crippen LogP contribution in [0, 0.1) is 13.8 Å². The number of rotatable bonds is 3. The fourth-order valence-corrected chi connectivity index (χ4v) is 34.9. The van der Waals surface area contributed by atoms with Gasteiger partial charge in [-0.3, -0.25) is 0 Å². The average molecular weight is 1370 g/mol. The summed E-state index contributed by atoms with van der Waals surface area (Å²) in [6.45, 7) is 4.19. The molecule has 0 radical (unpaired) electrons. The van der Waals surface area contributed by atoms with Crippen molar-refractivity contribution in [3.05, 3.63) is 318 Å². The van der Waals surface area contributed by atoms with Crippen LogP contribution in [0.4, 0.5) is 17.1 Å². The molecule has 0 fully saturated rings. The van der Waals surface area contributed by atoms with E-state index in [1.807, 2.05) is 0 Å². The van der Waals surface area contributed by atoms with E-state index in [1.165, 1.54) is 89.0 Å². The summed E-state index contributed by atoms with van der Waals surface area (Å²) in [5, 5.41) is 0.326. The van der Waals surface area contributed by atoms with Crippen molar-refractivity contribution in [2.24, 2.45) is 0 Å². The van der Waals surface area contributed by atoms with Crippen LogP contribution in [0.2, 0.25) is 20.1 Å². The molecule has 0 N–H and O–H groups in total. The van der Waals surface area contributed by atoms with E-state index in [0.717, 1.165) is 57.5 Å². The van der Waals surface area contributed by atoms with Crippen LogP contribution in [0.3, 0.4) is 0 Å². The summed E-state index contributed by atoms with van der Waals surface area (Å²) in [5.41, 5.74) is 26.6. The van der Waals surface area contributed by atoms with Gasteiger partial charge in [-0.05, 0) is 0 Å². The second kappa shape index (κ2) is 17.7. The van der Waals surface area contributed by atoms with Crippen LogP contribution >= 0.6 is 46.4 Å². The van der Waals surface area contributed by atoms with Gasteiger partial charge < -0.3 is 0 Å². The SMILES string of the molecule is Cc1ccc(N2c3ccc(-c4ccc5c(c4)C4(c6ccccc6-c6ccccc64)c4ccccc4-5)c4[c]3[Sb]35([O]c6c(Cl)c(Cl)c(Cl)c(Cl)c6[O]3)[c]3c(cc(C)cc3Oc3c(-c6ccc7c(c6)C6(c8ccccc8-c8ccccc86)c6ccccc6-7)ccc2[c]35)O4)cc1. The molecular formula is C82H46Cl4NO4Sb. The molecule has 8 aliphatic rings. The summed E-state index contributed by atoms with van der Waals surface area (Å²) < 4.78 is 34.5. The van der Waals surface area contributed by atoms with Crippen molar-refractivity contribution in [1.29, 1.82) is 0 Å². The van der Waals surface area contributed by atoms with Crippen molar-refractivity contribution in [2.75, 3.05) is 4.90 Å². The standard InChI is InChI=1S/C76H46NO2.C6H2Cl4O2.Sb/c1-46-27-31-50(32-28-46)77-51-33-37-55(48-29-35-63-61-19-7-13-25-69(61)75(71(63)41-48)65-21-9-3-15-57(65)58-16-4-10-22-66(58)75)73(43-51)78-53-39-47(2)40-54(45-53)79-74-44-52(77)34-38-56(74)49-30-36-64-62-20-8-14-26-70(62)76(72(64)42-49)67-23-11-5-17-59(67)60-18-6-12-24-68(60)76;7-1-2(8)4(10)6(12)5(11)3(1)9;/h3-42H,1-2H3;11-12H;/q;;+2/p-2. The number of anilines is 3. The van der Waals surface area contributed by atoms with Gasteiger partial charge in [-0.15, -0.1) is 0 Å². The summed E-state index contributed by atoms with van der Waals surface area (Å²) >= 11 is 22.9. The van der Waals surface area contributed by atoms with Crippen molar-refractivity contribution in [3.63, 3.8) is 0 Å². The summed E-state index contributed by atoms with van der Waals surface area (Å²) in [6, 6.07) is 89.1. The fraction of sp³-hybridized carbons (Fsp3) is 0.0488. The molecule has 436 valence electrons. The van der Waals surface area contributed by atoms with E-state index in [1.54, 1.807) is 0 Å². The van der Waals surface area contributed by atoms with E-state index in [9.17, 15) is 0 Å². The Morgan fingerprint density at radius 2 is 0.641 bits per heavy atom. The van der Waals surface area contributed by atoms with E-state index in [-0.39, 0.29) is 31.6 Å². The summed E-state index contributed by atoms with van der Waals surface area (Å²) in [4.78, 5) is 2.32. The second-order valence-electron chi connectivity index (χ2n) is 25.5. The molecule has 0 bridgehead atoms. The number of halogens is 4. The minimum absolute atomic E-state index is 0.0652. The first-order valence-corrected chi connectivity index (χ1v) is 38.4. The number of aryl methyl sites for hydroxylation is 2. The number of ether oxygens (including phenoxy) is 2. The number of hydrogen-bond donors (Lipinski definition) is 0. The Labute approximate surface area is 552 Å². The van der Waals surface area contributed by atoms with Crippen molar-refractivity contribution in [2.45, 2.75) is 24.7 Å². The third-order valence-electron chi connectivity index (χ3n) is 21.2. The van der Waals surface area contributed by atoms with E-state index in [2.05, 4.69) is 261 Å². The Hall–Kier alpha value is -9.16. The zero-order chi connectivity index (χ0) is 61.1. The monoisotopic (exact) mass is 1370 g/mol. The van der Waals surface area contributed by atoms with E-state index < -0.39 is 29.1 Å². The molecule has 0 saturated carbocycles. The maximum atomic E-state index is 8.35. The van der Waals surface area contributed by atoms with E-state index in [4.69, 9.17) is 61.9 Å². The molecule has 92 heavy (non-hydrogen) atoms. The molecule has 4 heterocycles. The molecule has 4 aliphatic carbocycles. The Balaban J connectivity index is 0.884. The van der Waals surface area contributed by atoms with Crippen LogP contribution in [-0.4, -0.2) is 18.2 Å². The predicted molar refractivity (Wildman–Crippen MR) is 373 cm³/mol. The third kappa shape index (κ3) is 5.93.